The lowest BCUT2D eigenvalue weighted by Gasteiger charge is -2.55. The molecule has 0 aromatic heterocycles. The van der Waals surface area contributed by atoms with Crippen molar-refractivity contribution >= 4 is 0 Å². The molecular formula is C15H33N3. The topological polar surface area (TPSA) is 32.5 Å². The Hall–Kier alpha value is -0.120. The van der Waals surface area contributed by atoms with Crippen LogP contribution in [0.5, 0.6) is 0 Å². The molecule has 0 radical (unpaired) electrons. The van der Waals surface area contributed by atoms with Crippen LogP contribution >= 0.6 is 0 Å². The number of nitrogens with zero attached hydrogens (tertiary/aromatic N) is 2. The molecule has 1 fully saturated rings. The van der Waals surface area contributed by atoms with Crippen LogP contribution in [-0.2, 0) is 0 Å². The fraction of sp³-hybridized carbons (Fsp3) is 1.00. The van der Waals surface area contributed by atoms with Crippen LogP contribution in [0.25, 0.3) is 0 Å². The van der Waals surface area contributed by atoms with E-state index in [9.17, 15) is 0 Å². The van der Waals surface area contributed by atoms with Gasteiger partial charge in [0.2, 0.25) is 0 Å². The minimum Gasteiger partial charge on any atom is -0.318 e. The van der Waals surface area contributed by atoms with Crippen LogP contribution in [0.3, 0.4) is 0 Å². The monoisotopic (exact) mass is 255 g/mol. The number of unbranched alkanes of at least 4 members (excludes halogenated alkanes) is 1. The van der Waals surface area contributed by atoms with E-state index in [1.165, 1.54) is 25.7 Å². The number of likely N-dealkylation sites (tertiary alicyclic amines) is 1. The van der Waals surface area contributed by atoms with Crippen LogP contribution in [0.1, 0.15) is 60.3 Å². The number of piperidine rings is 1. The van der Waals surface area contributed by atoms with Crippen LogP contribution in [0.4, 0.5) is 0 Å². The van der Waals surface area contributed by atoms with E-state index in [0.29, 0.717) is 12.7 Å². The highest BCUT2D eigenvalue weighted by molar-refractivity contribution is 5.01. The van der Waals surface area contributed by atoms with Crippen molar-refractivity contribution in [3.63, 3.8) is 0 Å². The van der Waals surface area contributed by atoms with Gasteiger partial charge in [-0.15, -0.1) is 0 Å². The highest BCUT2D eigenvalue weighted by atomic mass is 15.3. The van der Waals surface area contributed by atoms with Crippen LogP contribution in [0.2, 0.25) is 0 Å². The average molecular weight is 255 g/mol. The summed E-state index contributed by atoms with van der Waals surface area (Å²) in [5.74, 6) is 0. The molecule has 0 saturated carbocycles. The van der Waals surface area contributed by atoms with Gasteiger partial charge in [-0.3, -0.25) is 9.80 Å². The van der Waals surface area contributed by atoms with E-state index < -0.39 is 0 Å². The average Bonchev–Trinajstić information content (AvgIpc) is 2.26. The zero-order valence-electron chi connectivity index (χ0n) is 13.3. The molecule has 1 heterocycles. The lowest BCUT2D eigenvalue weighted by Crippen LogP contribution is -2.63. The van der Waals surface area contributed by atoms with Crippen molar-refractivity contribution in [2.45, 2.75) is 77.4 Å². The Morgan fingerprint density at radius 2 is 1.67 bits per heavy atom. The molecular weight excluding hydrogens is 222 g/mol. The molecule has 0 aromatic carbocycles. The maximum Gasteiger partial charge on any atom is 0.0457 e. The van der Waals surface area contributed by atoms with Crippen LogP contribution < -0.4 is 5.73 Å². The highest BCUT2D eigenvalue weighted by Crippen LogP contribution is 2.38. The first kappa shape index (κ1) is 15.9. The summed E-state index contributed by atoms with van der Waals surface area (Å²) in [6.45, 7) is 13.5. The van der Waals surface area contributed by atoms with Crippen molar-refractivity contribution in [2.75, 3.05) is 20.3 Å². The van der Waals surface area contributed by atoms with Crippen molar-refractivity contribution in [3.05, 3.63) is 0 Å². The van der Waals surface area contributed by atoms with Crippen LogP contribution in [0, 0.1) is 0 Å². The third-order valence-electron chi connectivity index (χ3n) is 4.84. The summed E-state index contributed by atoms with van der Waals surface area (Å²) >= 11 is 0. The van der Waals surface area contributed by atoms with E-state index >= 15 is 0 Å². The largest absolute Gasteiger partial charge is 0.318 e. The van der Waals surface area contributed by atoms with E-state index in [0.717, 1.165) is 6.54 Å². The van der Waals surface area contributed by atoms with E-state index in [4.69, 9.17) is 5.73 Å². The first-order chi connectivity index (χ1) is 8.24. The number of hydrogen-bond acceptors (Lipinski definition) is 3. The van der Waals surface area contributed by atoms with Crippen molar-refractivity contribution < 1.29 is 0 Å². The molecule has 0 aromatic rings. The van der Waals surface area contributed by atoms with E-state index in [1.807, 2.05) is 0 Å². The van der Waals surface area contributed by atoms with Gasteiger partial charge in [0.05, 0.1) is 0 Å². The standard InChI is InChI=1S/C15H33N3/c1-7-8-9-18(12-16)13-10-14(2,3)17(6)15(4,5)11-13/h13H,7-12,16H2,1-6H3. The quantitative estimate of drug-likeness (QED) is 0.767. The Labute approximate surface area is 114 Å². The summed E-state index contributed by atoms with van der Waals surface area (Å²) in [6.07, 6.45) is 4.93. The second kappa shape index (κ2) is 5.89. The molecule has 1 rings (SSSR count). The lowest BCUT2D eigenvalue weighted by molar-refractivity contribution is -0.0472. The number of rotatable bonds is 5. The first-order valence-electron chi connectivity index (χ1n) is 7.42. The predicted octanol–water partition coefficient (Wildman–Crippen LogP) is 2.66. The summed E-state index contributed by atoms with van der Waals surface area (Å²) < 4.78 is 0. The van der Waals surface area contributed by atoms with E-state index in [-0.39, 0.29) is 11.1 Å². The Balaban J connectivity index is 2.78. The van der Waals surface area contributed by atoms with Gasteiger partial charge in [0, 0.05) is 23.8 Å². The molecule has 0 atom stereocenters. The zero-order valence-corrected chi connectivity index (χ0v) is 13.3. The summed E-state index contributed by atoms with van der Waals surface area (Å²) in [6, 6.07) is 0.628. The van der Waals surface area contributed by atoms with E-state index in [2.05, 4.69) is 51.5 Å². The molecule has 1 saturated heterocycles. The van der Waals surface area contributed by atoms with Crippen molar-refractivity contribution in [3.8, 4) is 0 Å². The minimum atomic E-state index is 0.256. The lowest BCUT2D eigenvalue weighted by atomic mass is 9.77. The van der Waals surface area contributed by atoms with Gasteiger partial charge < -0.3 is 5.73 Å². The second-order valence-electron chi connectivity index (χ2n) is 7.09. The van der Waals surface area contributed by atoms with Crippen LogP contribution in [0.15, 0.2) is 0 Å². The second-order valence-corrected chi connectivity index (χ2v) is 7.09. The number of hydrogen-bond donors (Lipinski definition) is 1. The molecule has 0 amide bonds. The smallest absolute Gasteiger partial charge is 0.0457 e. The molecule has 18 heavy (non-hydrogen) atoms. The zero-order chi connectivity index (χ0) is 14.0. The Kier molecular flexibility index (Phi) is 5.22. The molecule has 1 aliphatic rings. The fourth-order valence-electron chi connectivity index (χ4n) is 3.36. The van der Waals surface area contributed by atoms with E-state index in [1.54, 1.807) is 0 Å². The summed E-state index contributed by atoms with van der Waals surface area (Å²) in [4.78, 5) is 5.02. The Morgan fingerprint density at radius 1 is 1.17 bits per heavy atom. The van der Waals surface area contributed by atoms with Gasteiger partial charge in [-0.1, -0.05) is 13.3 Å². The van der Waals surface area contributed by atoms with Gasteiger partial charge in [0.1, 0.15) is 0 Å². The third kappa shape index (κ3) is 3.46. The maximum absolute atomic E-state index is 5.97. The summed E-state index contributed by atoms with van der Waals surface area (Å²) in [7, 11) is 2.26. The number of nitrogens with two attached hydrogens (primary N) is 1. The predicted molar refractivity (Wildman–Crippen MR) is 79.6 cm³/mol. The van der Waals surface area contributed by atoms with Gasteiger partial charge in [0.25, 0.3) is 0 Å². The first-order valence-corrected chi connectivity index (χ1v) is 7.42. The molecule has 1 aliphatic heterocycles. The molecule has 108 valence electrons. The van der Waals surface area contributed by atoms with Gasteiger partial charge in [-0.25, -0.2) is 0 Å². The molecule has 3 nitrogen and oxygen atoms in total. The SMILES string of the molecule is CCCCN(CN)C1CC(C)(C)N(C)C(C)(C)C1. The molecule has 0 unspecified atom stereocenters. The Morgan fingerprint density at radius 3 is 2.06 bits per heavy atom. The summed E-state index contributed by atoms with van der Waals surface area (Å²) in [5, 5.41) is 0. The third-order valence-corrected chi connectivity index (χ3v) is 4.84. The summed E-state index contributed by atoms with van der Waals surface area (Å²) in [5.41, 5.74) is 6.48. The maximum atomic E-state index is 5.97. The molecule has 0 bridgehead atoms. The van der Waals surface area contributed by atoms with Crippen molar-refractivity contribution in [1.82, 2.24) is 9.80 Å². The molecule has 0 spiro atoms. The Bertz CT molecular complexity index is 242. The van der Waals surface area contributed by atoms with Crippen LogP contribution in [-0.4, -0.2) is 47.2 Å². The van der Waals surface area contributed by atoms with Gasteiger partial charge in [0.15, 0.2) is 0 Å². The van der Waals surface area contributed by atoms with Crippen molar-refractivity contribution in [1.29, 1.82) is 0 Å². The minimum absolute atomic E-state index is 0.256. The molecule has 2 N–H and O–H groups in total. The van der Waals surface area contributed by atoms with Crippen molar-refractivity contribution in [2.24, 2.45) is 5.73 Å². The molecule has 0 aliphatic carbocycles. The van der Waals surface area contributed by atoms with Gasteiger partial charge in [-0.2, -0.15) is 0 Å². The van der Waals surface area contributed by atoms with Gasteiger partial charge >= 0.3 is 0 Å². The normalized spacial score (nSPS) is 24.7. The molecule has 3 heteroatoms. The van der Waals surface area contributed by atoms with Gasteiger partial charge in [-0.05, 0) is 60.5 Å². The highest BCUT2D eigenvalue weighted by Gasteiger charge is 2.44. The fourth-order valence-corrected chi connectivity index (χ4v) is 3.36.